The highest BCUT2D eigenvalue weighted by Crippen LogP contribution is 2.20. The summed E-state index contributed by atoms with van der Waals surface area (Å²) in [6, 6.07) is 3.89. The van der Waals surface area contributed by atoms with Crippen LogP contribution in [-0.4, -0.2) is 46.9 Å². The molecule has 1 aliphatic heterocycles. The number of hydrogen-bond acceptors (Lipinski definition) is 5. The third-order valence-electron chi connectivity index (χ3n) is 3.81. The number of carbonyl (C=O) groups excluding carboxylic acids is 1. The van der Waals surface area contributed by atoms with Crippen LogP contribution in [0.25, 0.3) is 0 Å². The molecule has 0 aromatic carbocycles. The van der Waals surface area contributed by atoms with Crippen molar-refractivity contribution in [3.05, 3.63) is 24.2 Å². The fourth-order valence-electron chi connectivity index (χ4n) is 2.79. The van der Waals surface area contributed by atoms with E-state index in [0.717, 1.165) is 6.42 Å². The zero-order valence-electron chi connectivity index (χ0n) is 14.4. The Kier molecular flexibility index (Phi) is 5.70. The molecule has 1 aromatic rings. The van der Waals surface area contributed by atoms with Crippen LogP contribution in [-0.2, 0) is 4.74 Å². The summed E-state index contributed by atoms with van der Waals surface area (Å²) in [4.78, 5) is 13.8. The summed E-state index contributed by atoms with van der Waals surface area (Å²) < 4.78 is 10.6. The first-order valence-corrected chi connectivity index (χ1v) is 8.20. The highest BCUT2D eigenvalue weighted by Gasteiger charge is 2.30. The summed E-state index contributed by atoms with van der Waals surface area (Å²) in [6.07, 6.45) is 2.14. The van der Waals surface area contributed by atoms with Crippen molar-refractivity contribution in [2.24, 2.45) is 0 Å². The fourth-order valence-corrected chi connectivity index (χ4v) is 2.79. The Morgan fingerprint density at radius 3 is 2.91 bits per heavy atom. The summed E-state index contributed by atoms with van der Waals surface area (Å²) >= 11 is 0. The second-order valence-corrected chi connectivity index (χ2v) is 7.25. The number of aliphatic hydroxyl groups is 1. The minimum absolute atomic E-state index is 0.124. The Bertz CT molecular complexity index is 495. The normalized spacial score (nSPS) is 21.3. The Labute approximate surface area is 137 Å². The van der Waals surface area contributed by atoms with Crippen molar-refractivity contribution in [3.63, 3.8) is 0 Å². The number of rotatable bonds is 5. The van der Waals surface area contributed by atoms with Crippen LogP contribution < -0.4 is 5.32 Å². The molecule has 2 heterocycles. The maximum atomic E-state index is 12.0. The minimum Gasteiger partial charge on any atom is -0.467 e. The van der Waals surface area contributed by atoms with E-state index in [1.807, 2.05) is 27.7 Å². The van der Waals surface area contributed by atoms with Crippen molar-refractivity contribution in [1.82, 2.24) is 10.2 Å². The summed E-state index contributed by atoms with van der Waals surface area (Å²) in [5.74, 6) is 0.584. The van der Waals surface area contributed by atoms with E-state index in [-0.39, 0.29) is 18.2 Å². The van der Waals surface area contributed by atoms with Gasteiger partial charge in [-0.25, -0.2) is 4.79 Å². The molecule has 1 amide bonds. The number of furan rings is 1. The standard InChI is InChI=1S/C17H28N2O4/c1-12(10-14(20)15-6-5-9-22-15)18-13-7-8-19(11-13)16(21)23-17(2,3)4/h5-6,9,12-14,18,20H,7-8,10-11H2,1-4H3. The van der Waals surface area contributed by atoms with Gasteiger partial charge in [-0.3, -0.25) is 0 Å². The molecule has 1 fully saturated rings. The Hall–Kier alpha value is -1.53. The van der Waals surface area contributed by atoms with Crippen LogP contribution in [0.3, 0.4) is 0 Å². The predicted molar refractivity (Wildman–Crippen MR) is 87.1 cm³/mol. The van der Waals surface area contributed by atoms with Crippen LogP contribution in [0.5, 0.6) is 0 Å². The number of amides is 1. The predicted octanol–water partition coefficient (Wildman–Crippen LogP) is 2.69. The molecule has 0 saturated carbocycles. The molecule has 1 aliphatic rings. The van der Waals surface area contributed by atoms with Crippen molar-refractivity contribution in [1.29, 1.82) is 0 Å². The average Bonchev–Trinajstić information content (AvgIpc) is 3.07. The maximum absolute atomic E-state index is 12.0. The first kappa shape index (κ1) is 17.8. The molecule has 3 atom stereocenters. The molecule has 23 heavy (non-hydrogen) atoms. The molecule has 3 unspecified atom stereocenters. The van der Waals surface area contributed by atoms with E-state index < -0.39 is 11.7 Å². The lowest BCUT2D eigenvalue weighted by Gasteiger charge is -2.25. The maximum Gasteiger partial charge on any atom is 0.410 e. The third kappa shape index (κ3) is 5.55. The molecule has 1 aromatic heterocycles. The number of ether oxygens (including phenoxy) is 1. The Morgan fingerprint density at radius 1 is 1.57 bits per heavy atom. The summed E-state index contributed by atoms with van der Waals surface area (Å²) in [7, 11) is 0. The van der Waals surface area contributed by atoms with Crippen molar-refractivity contribution in [2.75, 3.05) is 13.1 Å². The van der Waals surface area contributed by atoms with Gasteiger partial charge in [0.1, 0.15) is 17.5 Å². The van der Waals surface area contributed by atoms with Gasteiger partial charge in [0, 0.05) is 25.2 Å². The molecule has 0 aliphatic carbocycles. The topological polar surface area (TPSA) is 74.9 Å². The van der Waals surface area contributed by atoms with Gasteiger partial charge in [0.2, 0.25) is 0 Å². The number of aliphatic hydroxyl groups excluding tert-OH is 1. The third-order valence-corrected chi connectivity index (χ3v) is 3.81. The number of nitrogens with zero attached hydrogens (tertiary/aromatic N) is 1. The molecule has 1 saturated heterocycles. The SMILES string of the molecule is CC(CC(O)c1ccco1)NC1CCN(C(=O)OC(C)(C)C)C1. The van der Waals surface area contributed by atoms with Crippen LogP contribution in [0.2, 0.25) is 0 Å². The van der Waals surface area contributed by atoms with Crippen molar-refractivity contribution in [3.8, 4) is 0 Å². The van der Waals surface area contributed by atoms with E-state index in [1.165, 1.54) is 0 Å². The molecular formula is C17H28N2O4. The van der Waals surface area contributed by atoms with Crippen LogP contribution in [0.15, 0.2) is 22.8 Å². The molecule has 2 rings (SSSR count). The number of likely N-dealkylation sites (tertiary alicyclic amines) is 1. The van der Waals surface area contributed by atoms with Gasteiger partial charge in [-0.05, 0) is 52.7 Å². The smallest absolute Gasteiger partial charge is 0.410 e. The van der Waals surface area contributed by atoms with E-state index in [0.29, 0.717) is 25.3 Å². The molecule has 6 nitrogen and oxygen atoms in total. The lowest BCUT2D eigenvalue weighted by Crippen LogP contribution is -2.41. The first-order valence-electron chi connectivity index (χ1n) is 8.20. The van der Waals surface area contributed by atoms with Crippen LogP contribution in [0.4, 0.5) is 4.79 Å². The van der Waals surface area contributed by atoms with E-state index in [9.17, 15) is 9.90 Å². The second kappa shape index (κ2) is 7.36. The second-order valence-electron chi connectivity index (χ2n) is 7.25. The number of nitrogens with one attached hydrogen (secondary N) is 1. The fraction of sp³-hybridized carbons (Fsp3) is 0.706. The van der Waals surface area contributed by atoms with E-state index in [2.05, 4.69) is 5.32 Å². The first-order chi connectivity index (χ1) is 10.7. The van der Waals surface area contributed by atoms with E-state index >= 15 is 0 Å². The largest absolute Gasteiger partial charge is 0.467 e. The number of hydrogen-bond donors (Lipinski definition) is 2. The summed E-state index contributed by atoms with van der Waals surface area (Å²) in [5, 5.41) is 13.6. The van der Waals surface area contributed by atoms with Gasteiger partial charge in [-0.2, -0.15) is 0 Å². The molecule has 0 radical (unpaired) electrons. The van der Waals surface area contributed by atoms with Gasteiger partial charge in [-0.1, -0.05) is 0 Å². The van der Waals surface area contributed by atoms with Gasteiger partial charge in [0.25, 0.3) is 0 Å². The Balaban J connectivity index is 1.75. The minimum atomic E-state index is -0.615. The van der Waals surface area contributed by atoms with Crippen molar-refractivity contribution < 1.29 is 19.1 Å². The van der Waals surface area contributed by atoms with Gasteiger partial charge >= 0.3 is 6.09 Å². The lowest BCUT2D eigenvalue weighted by atomic mass is 10.1. The van der Waals surface area contributed by atoms with Crippen LogP contribution in [0.1, 0.15) is 52.4 Å². The quantitative estimate of drug-likeness (QED) is 0.871. The van der Waals surface area contributed by atoms with Crippen LogP contribution in [0, 0.1) is 0 Å². The molecule has 2 N–H and O–H groups in total. The lowest BCUT2D eigenvalue weighted by molar-refractivity contribution is 0.0289. The average molecular weight is 324 g/mol. The zero-order valence-corrected chi connectivity index (χ0v) is 14.4. The van der Waals surface area contributed by atoms with Gasteiger partial charge < -0.3 is 24.5 Å². The van der Waals surface area contributed by atoms with E-state index in [4.69, 9.17) is 9.15 Å². The van der Waals surface area contributed by atoms with Gasteiger partial charge in [-0.15, -0.1) is 0 Å². The molecule has 0 spiro atoms. The van der Waals surface area contributed by atoms with Gasteiger partial charge in [0.05, 0.1) is 6.26 Å². The summed E-state index contributed by atoms with van der Waals surface area (Å²) in [6.45, 7) is 8.97. The molecule has 130 valence electrons. The van der Waals surface area contributed by atoms with Crippen molar-refractivity contribution in [2.45, 2.75) is 64.3 Å². The number of carbonyl (C=O) groups is 1. The monoisotopic (exact) mass is 324 g/mol. The highest BCUT2D eigenvalue weighted by molar-refractivity contribution is 5.68. The highest BCUT2D eigenvalue weighted by atomic mass is 16.6. The van der Waals surface area contributed by atoms with Crippen LogP contribution >= 0.6 is 0 Å². The molecular weight excluding hydrogens is 296 g/mol. The molecule has 6 heteroatoms. The van der Waals surface area contributed by atoms with E-state index in [1.54, 1.807) is 23.3 Å². The summed E-state index contributed by atoms with van der Waals surface area (Å²) in [5.41, 5.74) is -0.469. The van der Waals surface area contributed by atoms with Crippen molar-refractivity contribution >= 4 is 6.09 Å². The Morgan fingerprint density at radius 2 is 2.30 bits per heavy atom. The zero-order chi connectivity index (χ0) is 17.0. The molecule has 0 bridgehead atoms. The van der Waals surface area contributed by atoms with Gasteiger partial charge in [0.15, 0.2) is 0 Å².